The van der Waals surface area contributed by atoms with E-state index in [9.17, 15) is 0 Å². The molecule has 3 nitrogen and oxygen atoms in total. The Morgan fingerprint density at radius 1 is 1.40 bits per heavy atom. The fraction of sp³-hybridized carbons (Fsp3) is 0.545. The van der Waals surface area contributed by atoms with Gasteiger partial charge in [-0.3, -0.25) is 0 Å². The van der Waals surface area contributed by atoms with Crippen molar-refractivity contribution >= 4 is 11.8 Å². The first kappa shape index (κ1) is 10.8. The fourth-order valence-electron chi connectivity index (χ4n) is 1.52. The Hall–Kier alpha value is -0.740. The zero-order valence-corrected chi connectivity index (χ0v) is 9.63. The minimum absolute atomic E-state index is 0.270. The molecule has 4 heteroatoms. The summed E-state index contributed by atoms with van der Waals surface area (Å²) in [5.41, 5.74) is 0. The van der Waals surface area contributed by atoms with Gasteiger partial charge < -0.3 is 9.47 Å². The quantitative estimate of drug-likeness (QED) is 0.739. The molecule has 0 radical (unpaired) electrons. The fourth-order valence-corrected chi connectivity index (χ4v) is 1.88. The van der Waals surface area contributed by atoms with E-state index < -0.39 is 0 Å². The molecule has 1 aliphatic rings. The van der Waals surface area contributed by atoms with E-state index >= 15 is 0 Å². The monoisotopic (exact) mass is 225 g/mol. The topological polar surface area (TPSA) is 31.4 Å². The lowest BCUT2D eigenvalue weighted by molar-refractivity contribution is 0.0237. The molecule has 82 valence electrons. The Bertz CT molecular complexity index is 296. The average molecular weight is 225 g/mol. The molecule has 0 bridgehead atoms. The van der Waals surface area contributed by atoms with Crippen molar-refractivity contribution in [2.45, 2.75) is 23.8 Å². The van der Waals surface area contributed by atoms with E-state index in [1.165, 1.54) is 0 Å². The number of hydrogen-bond acceptors (Lipinski definition) is 4. The van der Waals surface area contributed by atoms with Crippen LogP contribution >= 0.6 is 11.8 Å². The van der Waals surface area contributed by atoms with Gasteiger partial charge in [-0.25, -0.2) is 4.98 Å². The number of hydrogen-bond donors (Lipinski definition) is 0. The molecule has 1 aliphatic heterocycles. The van der Waals surface area contributed by atoms with Crippen molar-refractivity contribution in [2.75, 3.05) is 19.5 Å². The van der Waals surface area contributed by atoms with Crippen molar-refractivity contribution in [2.24, 2.45) is 0 Å². The minimum Gasteiger partial charge on any atom is -0.474 e. The Kier molecular flexibility index (Phi) is 3.86. The van der Waals surface area contributed by atoms with Crippen molar-refractivity contribution in [1.82, 2.24) is 4.98 Å². The van der Waals surface area contributed by atoms with Crippen molar-refractivity contribution in [1.29, 1.82) is 0 Å². The summed E-state index contributed by atoms with van der Waals surface area (Å²) < 4.78 is 11.0. The smallest absolute Gasteiger partial charge is 0.213 e. The molecule has 2 rings (SSSR count). The standard InChI is InChI=1S/C11H15NO2S/c1-15-10-2-3-11(12-8-10)14-9-4-6-13-7-5-9/h2-3,8-9H,4-7H2,1H3. The molecule has 0 aliphatic carbocycles. The molecule has 0 atom stereocenters. The highest BCUT2D eigenvalue weighted by atomic mass is 32.2. The Labute approximate surface area is 94.2 Å². The average Bonchev–Trinajstić information content (AvgIpc) is 2.31. The largest absolute Gasteiger partial charge is 0.474 e. The third-order valence-corrected chi connectivity index (χ3v) is 3.11. The molecule has 2 heterocycles. The van der Waals surface area contributed by atoms with Gasteiger partial charge in [-0.15, -0.1) is 11.8 Å². The number of ether oxygens (including phenoxy) is 2. The first-order chi connectivity index (χ1) is 7.38. The Morgan fingerprint density at radius 2 is 2.20 bits per heavy atom. The highest BCUT2D eigenvalue weighted by molar-refractivity contribution is 7.98. The third-order valence-electron chi connectivity index (χ3n) is 2.40. The Balaban J connectivity index is 1.91. The molecule has 15 heavy (non-hydrogen) atoms. The van der Waals surface area contributed by atoms with Crippen LogP contribution in [0.1, 0.15) is 12.8 Å². The lowest BCUT2D eigenvalue weighted by Gasteiger charge is -2.22. The second-order valence-electron chi connectivity index (χ2n) is 3.47. The van der Waals surface area contributed by atoms with Crippen molar-refractivity contribution in [3.8, 4) is 5.88 Å². The van der Waals surface area contributed by atoms with Crippen molar-refractivity contribution < 1.29 is 9.47 Å². The summed E-state index contributed by atoms with van der Waals surface area (Å²) in [6.07, 6.45) is 6.08. The maximum atomic E-state index is 5.75. The van der Waals surface area contributed by atoms with E-state index in [2.05, 4.69) is 4.98 Å². The molecule has 0 saturated carbocycles. The summed E-state index contributed by atoms with van der Waals surface area (Å²) in [5, 5.41) is 0. The highest BCUT2D eigenvalue weighted by Gasteiger charge is 2.15. The van der Waals surface area contributed by atoms with Crippen molar-refractivity contribution in [3.05, 3.63) is 18.3 Å². The second-order valence-corrected chi connectivity index (χ2v) is 4.35. The van der Waals surface area contributed by atoms with Gasteiger partial charge in [0.2, 0.25) is 5.88 Å². The first-order valence-corrected chi connectivity index (χ1v) is 6.35. The summed E-state index contributed by atoms with van der Waals surface area (Å²) in [6.45, 7) is 1.60. The predicted octanol–water partition coefficient (Wildman–Crippen LogP) is 2.36. The lowest BCUT2D eigenvalue weighted by atomic mass is 10.2. The molecular formula is C11H15NO2S. The van der Waals surface area contributed by atoms with E-state index in [1.807, 2.05) is 24.6 Å². The molecular weight excluding hydrogens is 210 g/mol. The van der Waals surface area contributed by atoms with Gasteiger partial charge in [0.15, 0.2) is 0 Å². The van der Waals surface area contributed by atoms with Gasteiger partial charge in [-0.1, -0.05) is 0 Å². The molecule has 0 N–H and O–H groups in total. The van der Waals surface area contributed by atoms with E-state index in [1.54, 1.807) is 11.8 Å². The summed E-state index contributed by atoms with van der Waals surface area (Å²) in [6, 6.07) is 3.97. The van der Waals surface area contributed by atoms with Crippen molar-refractivity contribution in [3.63, 3.8) is 0 Å². The molecule has 1 aromatic heterocycles. The number of aromatic nitrogens is 1. The minimum atomic E-state index is 0.270. The van der Waals surface area contributed by atoms with Gasteiger partial charge in [0.25, 0.3) is 0 Å². The Morgan fingerprint density at radius 3 is 2.80 bits per heavy atom. The number of pyridine rings is 1. The number of nitrogens with zero attached hydrogens (tertiary/aromatic N) is 1. The van der Waals surface area contributed by atoms with E-state index in [-0.39, 0.29) is 6.10 Å². The normalized spacial score (nSPS) is 17.7. The van der Waals surface area contributed by atoms with Crippen LogP contribution in [-0.4, -0.2) is 30.6 Å². The predicted molar refractivity (Wildman–Crippen MR) is 60.5 cm³/mol. The maximum Gasteiger partial charge on any atom is 0.213 e. The molecule has 1 fully saturated rings. The maximum absolute atomic E-state index is 5.75. The zero-order chi connectivity index (χ0) is 10.5. The molecule has 0 amide bonds. The van der Waals surface area contributed by atoms with Gasteiger partial charge in [-0.05, 0) is 12.3 Å². The SMILES string of the molecule is CSc1ccc(OC2CCOCC2)nc1. The number of rotatable bonds is 3. The molecule has 0 aromatic carbocycles. The summed E-state index contributed by atoms with van der Waals surface area (Å²) in [5.74, 6) is 0.722. The van der Waals surface area contributed by atoms with Crippen LogP contribution in [0.25, 0.3) is 0 Å². The molecule has 1 aromatic rings. The van der Waals surface area contributed by atoms with Crippen LogP contribution in [0.15, 0.2) is 23.2 Å². The summed E-state index contributed by atoms with van der Waals surface area (Å²) >= 11 is 1.69. The molecule has 0 unspecified atom stereocenters. The number of thioether (sulfide) groups is 1. The van der Waals surface area contributed by atoms with E-state index in [4.69, 9.17) is 9.47 Å². The van der Waals surface area contributed by atoms with E-state index in [0.717, 1.165) is 36.8 Å². The van der Waals surface area contributed by atoms with E-state index in [0.29, 0.717) is 0 Å². The highest BCUT2D eigenvalue weighted by Crippen LogP contribution is 2.19. The van der Waals surface area contributed by atoms with Crippen LogP contribution in [0.4, 0.5) is 0 Å². The second kappa shape index (κ2) is 5.37. The van der Waals surface area contributed by atoms with Gasteiger partial charge in [0.1, 0.15) is 6.10 Å². The van der Waals surface area contributed by atoms with Gasteiger partial charge in [0.05, 0.1) is 13.2 Å². The first-order valence-electron chi connectivity index (χ1n) is 5.13. The molecule has 1 saturated heterocycles. The third kappa shape index (κ3) is 3.11. The van der Waals surface area contributed by atoms with Crippen LogP contribution in [0, 0.1) is 0 Å². The zero-order valence-electron chi connectivity index (χ0n) is 8.81. The van der Waals surface area contributed by atoms with Gasteiger partial charge in [0, 0.05) is 30.0 Å². The summed E-state index contributed by atoms with van der Waals surface area (Å²) in [4.78, 5) is 5.42. The van der Waals surface area contributed by atoms with Gasteiger partial charge >= 0.3 is 0 Å². The summed E-state index contributed by atoms with van der Waals surface area (Å²) in [7, 11) is 0. The van der Waals surface area contributed by atoms with Crippen LogP contribution in [0.5, 0.6) is 5.88 Å². The van der Waals surface area contributed by atoms with Crippen LogP contribution in [-0.2, 0) is 4.74 Å². The molecule has 0 spiro atoms. The lowest BCUT2D eigenvalue weighted by Crippen LogP contribution is -2.26. The van der Waals surface area contributed by atoms with Crippen LogP contribution < -0.4 is 4.74 Å². The van der Waals surface area contributed by atoms with Crippen LogP contribution in [0.3, 0.4) is 0 Å². The van der Waals surface area contributed by atoms with Crippen LogP contribution in [0.2, 0.25) is 0 Å². The van der Waals surface area contributed by atoms with Gasteiger partial charge in [-0.2, -0.15) is 0 Å².